The number of nitrogens with zero attached hydrogens (tertiary/aromatic N) is 2. The highest BCUT2D eigenvalue weighted by Gasteiger charge is 2.24. The zero-order chi connectivity index (χ0) is 14.5. The molecule has 0 radical (unpaired) electrons. The highest BCUT2D eigenvalue weighted by Crippen LogP contribution is 2.11. The summed E-state index contributed by atoms with van der Waals surface area (Å²) in [7, 11) is 1.78. The van der Waals surface area contributed by atoms with Crippen LogP contribution in [-0.4, -0.2) is 18.2 Å². The zero-order valence-corrected chi connectivity index (χ0v) is 11.3. The van der Waals surface area contributed by atoms with Gasteiger partial charge in [0.15, 0.2) is 0 Å². The van der Waals surface area contributed by atoms with Crippen LogP contribution in [0.3, 0.4) is 0 Å². The molecule has 1 aromatic heterocycles. The predicted molar refractivity (Wildman–Crippen MR) is 69.3 cm³/mol. The van der Waals surface area contributed by atoms with Crippen molar-refractivity contribution in [2.24, 2.45) is 0 Å². The summed E-state index contributed by atoms with van der Waals surface area (Å²) >= 11 is 0. The smallest absolute Gasteiger partial charge is 0.306 e. The molecule has 1 aromatic carbocycles. The molecule has 0 aliphatic carbocycles. The normalized spacial score (nSPS) is 10.6. The Morgan fingerprint density at radius 1 is 1.40 bits per heavy atom. The Morgan fingerprint density at radius 3 is 2.70 bits per heavy atom. The molecule has 20 heavy (non-hydrogen) atoms. The molecule has 2 rings (SSSR count). The molecule has 0 unspecified atom stereocenters. The van der Waals surface area contributed by atoms with Gasteiger partial charge in [0.1, 0.15) is 5.82 Å². The summed E-state index contributed by atoms with van der Waals surface area (Å²) in [4.78, 5) is 11.1. The van der Waals surface area contributed by atoms with Gasteiger partial charge in [0.2, 0.25) is 17.7 Å². The molecule has 0 saturated carbocycles. The van der Waals surface area contributed by atoms with Gasteiger partial charge in [0.25, 0.3) is 5.69 Å². The molecule has 0 saturated heterocycles. The summed E-state index contributed by atoms with van der Waals surface area (Å²) in [5, 5.41) is 9.47. The minimum absolute atomic E-state index is 0.229. The highest BCUT2D eigenvalue weighted by molar-refractivity contribution is 5.87. The maximum atomic E-state index is 12.9. The molecule has 2 aromatic rings. The number of nitrogens with one attached hydrogen (secondary N) is 2. The second-order valence-corrected chi connectivity index (χ2v) is 4.34. The van der Waals surface area contributed by atoms with Crippen LogP contribution in [0, 0.1) is 5.82 Å². The van der Waals surface area contributed by atoms with Crippen molar-refractivity contribution >= 4 is 11.8 Å². The lowest BCUT2D eigenvalue weighted by molar-refractivity contribution is -0.760. The number of anilines is 1. The highest BCUT2D eigenvalue weighted by atomic mass is 19.1. The van der Waals surface area contributed by atoms with Crippen molar-refractivity contribution in [2.75, 3.05) is 12.4 Å². The topological polar surface area (TPSA) is 71.0 Å². The Morgan fingerprint density at radius 2 is 2.10 bits per heavy atom. The molecule has 106 valence electrons. The van der Waals surface area contributed by atoms with Gasteiger partial charge in [-0.15, -0.1) is 0 Å². The van der Waals surface area contributed by atoms with Crippen LogP contribution in [0.25, 0.3) is 0 Å². The maximum Gasteiger partial charge on any atom is 0.306 e. The van der Waals surface area contributed by atoms with Gasteiger partial charge in [0.05, 0.1) is 6.54 Å². The van der Waals surface area contributed by atoms with Crippen molar-refractivity contribution in [2.45, 2.75) is 20.0 Å². The first-order valence-corrected chi connectivity index (χ1v) is 6.15. The number of benzene rings is 1. The van der Waals surface area contributed by atoms with Gasteiger partial charge in [-0.1, -0.05) is 0 Å². The van der Waals surface area contributed by atoms with E-state index in [1.54, 1.807) is 23.9 Å². The standard InChI is InChI=1S/C13H15FN4O2/c1-9(19)16-13-12(7-15-2)18(17-20-13)8-10-3-5-11(14)6-4-10/h3-6,15H,7-8H2,1-2H3/p+1. The van der Waals surface area contributed by atoms with Crippen LogP contribution in [0.5, 0.6) is 0 Å². The number of aromatic nitrogens is 2. The molecule has 7 heteroatoms. The first kappa shape index (κ1) is 14.1. The molecule has 0 spiro atoms. The van der Waals surface area contributed by atoms with Gasteiger partial charge in [-0.3, -0.25) is 14.6 Å². The minimum Gasteiger partial charge on any atom is -0.310 e. The SMILES string of the molecule is CNCc1c(NC(C)=O)on[n+]1Cc1ccc(F)cc1. The van der Waals surface area contributed by atoms with Gasteiger partial charge in [-0.25, -0.2) is 4.39 Å². The number of hydrogen-bond donors (Lipinski definition) is 2. The maximum absolute atomic E-state index is 12.9. The largest absolute Gasteiger partial charge is 0.310 e. The number of carbonyl (C=O) groups is 1. The third-order valence-corrected chi connectivity index (χ3v) is 2.68. The first-order chi connectivity index (χ1) is 9.60. The molecule has 1 heterocycles. The van der Waals surface area contributed by atoms with Crippen LogP contribution in [-0.2, 0) is 17.9 Å². The van der Waals surface area contributed by atoms with E-state index in [1.807, 2.05) is 0 Å². The zero-order valence-electron chi connectivity index (χ0n) is 11.3. The Balaban J connectivity index is 2.24. The van der Waals surface area contributed by atoms with Crippen LogP contribution < -0.4 is 15.3 Å². The molecule has 2 N–H and O–H groups in total. The summed E-state index contributed by atoms with van der Waals surface area (Å²) in [5.41, 5.74) is 1.60. The van der Waals surface area contributed by atoms with Gasteiger partial charge in [-0.05, 0) is 36.0 Å². The van der Waals surface area contributed by atoms with Crippen LogP contribution in [0.1, 0.15) is 18.2 Å². The van der Waals surface area contributed by atoms with Crippen molar-refractivity contribution in [1.29, 1.82) is 0 Å². The van der Waals surface area contributed by atoms with Gasteiger partial charge < -0.3 is 5.32 Å². The summed E-state index contributed by atoms with van der Waals surface area (Å²) in [5.74, 6) is -0.199. The van der Waals surface area contributed by atoms with Crippen LogP contribution in [0.4, 0.5) is 10.3 Å². The Labute approximate surface area is 115 Å². The van der Waals surface area contributed by atoms with Gasteiger partial charge >= 0.3 is 5.88 Å². The van der Waals surface area contributed by atoms with E-state index in [9.17, 15) is 9.18 Å². The van der Waals surface area contributed by atoms with Crippen molar-refractivity contribution in [3.63, 3.8) is 0 Å². The van der Waals surface area contributed by atoms with E-state index in [0.29, 0.717) is 24.7 Å². The fraction of sp³-hybridized carbons (Fsp3) is 0.308. The van der Waals surface area contributed by atoms with Crippen molar-refractivity contribution in [3.05, 3.63) is 41.3 Å². The second-order valence-electron chi connectivity index (χ2n) is 4.34. The molecule has 0 atom stereocenters. The number of halogens is 1. The monoisotopic (exact) mass is 279 g/mol. The summed E-state index contributed by atoms with van der Waals surface area (Å²) in [6.07, 6.45) is 0. The fourth-order valence-electron chi connectivity index (χ4n) is 1.79. The lowest BCUT2D eigenvalue weighted by Crippen LogP contribution is -2.41. The molecule has 0 fully saturated rings. The average molecular weight is 279 g/mol. The molecule has 0 bridgehead atoms. The number of hydrogen-bond acceptors (Lipinski definition) is 4. The third-order valence-electron chi connectivity index (χ3n) is 2.68. The Bertz CT molecular complexity index is 595. The molecular formula is C13H16FN4O2+. The second kappa shape index (κ2) is 6.25. The van der Waals surface area contributed by atoms with E-state index >= 15 is 0 Å². The van der Waals surface area contributed by atoms with E-state index in [-0.39, 0.29) is 11.7 Å². The quantitative estimate of drug-likeness (QED) is 0.795. The van der Waals surface area contributed by atoms with E-state index < -0.39 is 0 Å². The van der Waals surface area contributed by atoms with E-state index in [0.717, 1.165) is 5.56 Å². The van der Waals surface area contributed by atoms with E-state index in [2.05, 4.69) is 15.9 Å². The summed E-state index contributed by atoms with van der Waals surface area (Å²) < 4.78 is 19.6. The van der Waals surface area contributed by atoms with Crippen molar-refractivity contribution in [1.82, 2.24) is 10.6 Å². The molecule has 6 nitrogen and oxygen atoms in total. The van der Waals surface area contributed by atoms with Gasteiger partial charge in [0, 0.05) is 12.5 Å². The number of carbonyl (C=O) groups excluding carboxylic acids is 1. The lowest BCUT2D eigenvalue weighted by Gasteiger charge is -1.98. The van der Waals surface area contributed by atoms with Crippen LogP contribution in [0.2, 0.25) is 0 Å². The van der Waals surface area contributed by atoms with Gasteiger partial charge in [-0.2, -0.15) is 0 Å². The average Bonchev–Trinajstić information content (AvgIpc) is 2.75. The molecule has 0 aliphatic heterocycles. The molecular weight excluding hydrogens is 263 g/mol. The predicted octanol–water partition coefficient (Wildman–Crippen LogP) is 0.827. The first-order valence-electron chi connectivity index (χ1n) is 6.15. The van der Waals surface area contributed by atoms with Crippen molar-refractivity contribution in [3.8, 4) is 0 Å². The lowest BCUT2D eigenvalue weighted by atomic mass is 10.2. The molecule has 0 aliphatic rings. The van der Waals surface area contributed by atoms with E-state index in [1.165, 1.54) is 19.1 Å². The fourth-order valence-corrected chi connectivity index (χ4v) is 1.79. The number of rotatable bonds is 5. The van der Waals surface area contributed by atoms with Crippen LogP contribution in [0.15, 0.2) is 28.8 Å². The molecule has 1 amide bonds. The summed E-state index contributed by atoms with van der Waals surface area (Å²) in [6.45, 7) is 2.32. The summed E-state index contributed by atoms with van der Waals surface area (Å²) in [6, 6.07) is 6.14. The van der Waals surface area contributed by atoms with Crippen molar-refractivity contribution < 1.29 is 18.4 Å². The third kappa shape index (κ3) is 3.39. The van der Waals surface area contributed by atoms with E-state index in [4.69, 9.17) is 4.52 Å². The Kier molecular flexibility index (Phi) is 4.41. The van der Waals surface area contributed by atoms with Crippen LogP contribution >= 0.6 is 0 Å². The minimum atomic E-state index is -0.284. The number of amides is 1. The Hall–Kier alpha value is -2.28.